The lowest BCUT2D eigenvalue weighted by molar-refractivity contribution is 0.308. The summed E-state index contributed by atoms with van der Waals surface area (Å²) < 4.78 is 13.3. The molecule has 0 aliphatic heterocycles. The van der Waals surface area contributed by atoms with Gasteiger partial charge in [-0.1, -0.05) is 116 Å². The Morgan fingerprint density at radius 2 is 0.850 bits per heavy atom. The zero-order valence-corrected chi connectivity index (χ0v) is 22.6. The van der Waals surface area contributed by atoms with Gasteiger partial charge in [-0.15, -0.1) is 0 Å². The molecule has 7 aromatic rings. The maximum atomic E-state index is 6.68. The number of benzene rings is 7. The van der Waals surface area contributed by atoms with E-state index in [1.54, 1.807) is 0 Å². The molecule has 0 radical (unpaired) electrons. The van der Waals surface area contributed by atoms with Crippen LogP contribution in [-0.4, -0.2) is 0 Å². The van der Waals surface area contributed by atoms with Crippen LogP contribution in [0.25, 0.3) is 43.1 Å². The molecule has 0 aliphatic rings. The topological polar surface area (TPSA) is 18.5 Å². The summed E-state index contributed by atoms with van der Waals surface area (Å²) in [4.78, 5) is 0. The minimum atomic E-state index is 0.497. The van der Waals surface area contributed by atoms with E-state index in [0.29, 0.717) is 13.2 Å². The molecule has 0 saturated carbocycles. The lowest BCUT2D eigenvalue weighted by Crippen LogP contribution is -2.01. The van der Waals surface area contributed by atoms with Gasteiger partial charge in [0.1, 0.15) is 24.7 Å². The Kier molecular flexibility index (Phi) is 6.30. The molecule has 2 heteroatoms. The van der Waals surface area contributed by atoms with Crippen molar-refractivity contribution in [2.45, 2.75) is 26.6 Å². The maximum absolute atomic E-state index is 6.68. The van der Waals surface area contributed by atoms with E-state index in [1.165, 1.54) is 27.1 Å². The molecule has 0 heterocycles. The second-order valence-corrected chi connectivity index (χ2v) is 10.4. The van der Waals surface area contributed by atoms with E-state index in [0.717, 1.165) is 50.6 Å². The smallest absolute Gasteiger partial charge is 0.135 e. The summed E-state index contributed by atoms with van der Waals surface area (Å²) in [6, 6.07) is 45.1. The summed E-state index contributed by atoms with van der Waals surface area (Å²) in [5.41, 5.74) is 3.58. The second-order valence-electron chi connectivity index (χ2n) is 10.4. The molecule has 0 atom stereocenters. The Balaban J connectivity index is 1.30. The molecule has 40 heavy (non-hydrogen) atoms. The first kappa shape index (κ1) is 24.2. The highest BCUT2D eigenvalue weighted by atomic mass is 16.5. The third kappa shape index (κ3) is 4.52. The van der Waals surface area contributed by atoms with Crippen molar-refractivity contribution in [3.05, 3.63) is 144 Å². The quantitative estimate of drug-likeness (QED) is 0.195. The van der Waals surface area contributed by atoms with Crippen molar-refractivity contribution in [1.29, 1.82) is 0 Å². The van der Waals surface area contributed by atoms with E-state index in [9.17, 15) is 0 Å². The lowest BCUT2D eigenvalue weighted by atomic mass is 9.98. The minimum Gasteiger partial charge on any atom is -0.488 e. The molecular weight excluding hydrogens is 488 g/mol. The highest BCUT2D eigenvalue weighted by Crippen LogP contribution is 2.44. The standard InChI is InChI=1S/C38H30O2/c1-2-26-17-20-35-36(23-26)38(40-25-28-16-19-30-10-4-6-12-32(30)22-28)34-14-8-7-13-33(34)37(35)39-24-27-15-18-29-9-3-5-11-31(29)21-27/h3-23H,2,24-25H2,1H3. The molecule has 0 unspecified atom stereocenters. The van der Waals surface area contributed by atoms with Gasteiger partial charge < -0.3 is 9.47 Å². The number of fused-ring (bicyclic) bond motifs is 4. The third-order valence-corrected chi connectivity index (χ3v) is 7.79. The first-order valence-electron chi connectivity index (χ1n) is 13.9. The SMILES string of the molecule is CCc1ccc2c(OCc3ccc4ccccc4c3)c3ccccc3c(OCc3ccc4ccccc4c3)c2c1. The molecule has 0 bridgehead atoms. The van der Waals surface area contributed by atoms with Crippen LogP contribution in [0, 0.1) is 0 Å². The van der Waals surface area contributed by atoms with E-state index < -0.39 is 0 Å². The van der Waals surface area contributed by atoms with Crippen molar-refractivity contribution < 1.29 is 9.47 Å². The molecule has 7 rings (SSSR count). The minimum absolute atomic E-state index is 0.497. The third-order valence-electron chi connectivity index (χ3n) is 7.79. The van der Waals surface area contributed by atoms with Crippen LogP contribution in [-0.2, 0) is 19.6 Å². The fourth-order valence-electron chi connectivity index (χ4n) is 5.65. The van der Waals surface area contributed by atoms with Crippen molar-refractivity contribution in [1.82, 2.24) is 0 Å². The largest absolute Gasteiger partial charge is 0.488 e. The number of hydrogen-bond donors (Lipinski definition) is 0. The summed E-state index contributed by atoms with van der Waals surface area (Å²) in [5.74, 6) is 1.81. The summed E-state index contributed by atoms with van der Waals surface area (Å²) in [7, 11) is 0. The highest BCUT2D eigenvalue weighted by molar-refractivity contribution is 6.11. The van der Waals surface area contributed by atoms with Crippen LogP contribution < -0.4 is 9.47 Å². The Morgan fingerprint density at radius 3 is 1.40 bits per heavy atom. The molecule has 7 aromatic carbocycles. The number of ether oxygens (including phenoxy) is 2. The summed E-state index contributed by atoms with van der Waals surface area (Å²) in [5, 5.41) is 9.22. The number of aryl methyl sites for hydroxylation is 1. The van der Waals surface area contributed by atoms with E-state index in [1.807, 2.05) is 0 Å². The Labute approximate surface area is 234 Å². The van der Waals surface area contributed by atoms with E-state index in [-0.39, 0.29) is 0 Å². The molecule has 0 spiro atoms. The summed E-state index contributed by atoms with van der Waals surface area (Å²) >= 11 is 0. The normalized spacial score (nSPS) is 11.4. The van der Waals surface area contributed by atoms with Crippen LogP contribution in [0.2, 0.25) is 0 Å². The molecule has 194 valence electrons. The molecule has 2 nitrogen and oxygen atoms in total. The number of hydrogen-bond acceptors (Lipinski definition) is 2. The Morgan fingerprint density at radius 1 is 0.400 bits per heavy atom. The second kappa shape index (κ2) is 10.4. The molecule has 0 amide bonds. The van der Waals surface area contributed by atoms with Crippen molar-refractivity contribution in [3.63, 3.8) is 0 Å². The van der Waals surface area contributed by atoms with Gasteiger partial charge in [0, 0.05) is 21.5 Å². The van der Waals surface area contributed by atoms with Gasteiger partial charge in [0.2, 0.25) is 0 Å². The fourth-order valence-corrected chi connectivity index (χ4v) is 5.65. The van der Waals surface area contributed by atoms with E-state index in [2.05, 4.69) is 134 Å². The lowest BCUT2D eigenvalue weighted by Gasteiger charge is -2.19. The van der Waals surface area contributed by atoms with E-state index in [4.69, 9.17) is 9.47 Å². The molecule has 0 saturated heterocycles. The predicted octanol–water partition coefficient (Wildman–Crippen LogP) is 10.0. The van der Waals surface area contributed by atoms with Crippen LogP contribution in [0.3, 0.4) is 0 Å². The first-order chi connectivity index (χ1) is 19.8. The fraction of sp³-hybridized carbons (Fsp3) is 0.105. The van der Waals surface area contributed by atoms with Crippen LogP contribution in [0.5, 0.6) is 11.5 Å². The monoisotopic (exact) mass is 518 g/mol. The summed E-state index contributed by atoms with van der Waals surface area (Å²) in [6.07, 6.45) is 0.958. The van der Waals surface area contributed by atoms with Crippen molar-refractivity contribution in [2.24, 2.45) is 0 Å². The predicted molar refractivity (Wildman–Crippen MR) is 167 cm³/mol. The first-order valence-corrected chi connectivity index (χ1v) is 13.9. The van der Waals surface area contributed by atoms with Crippen LogP contribution in [0.1, 0.15) is 23.6 Å². The van der Waals surface area contributed by atoms with Crippen LogP contribution >= 0.6 is 0 Å². The van der Waals surface area contributed by atoms with Gasteiger partial charge in [-0.25, -0.2) is 0 Å². The van der Waals surface area contributed by atoms with Gasteiger partial charge in [-0.3, -0.25) is 0 Å². The van der Waals surface area contributed by atoms with Crippen molar-refractivity contribution >= 4 is 43.1 Å². The highest BCUT2D eigenvalue weighted by Gasteiger charge is 2.17. The molecule has 0 aliphatic carbocycles. The number of rotatable bonds is 7. The molecular formula is C38H30O2. The van der Waals surface area contributed by atoms with Crippen LogP contribution in [0.4, 0.5) is 0 Å². The maximum Gasteiger partial charge on any atom is 0.135 e. The van der Waals surface area contributed by atoms with Crippen molar-refractivity contribution in [2.75, 3.05) is 0 Å². The average Bonchev–Trinajstić information content (AvgIpc) is 3.02. The van der Waals surface area contributed by atoms with Gasteiger partial charge >= 0.3 is 0 Å². The zero-order valence-electron chi connectivity index (χ0n) is 22.6. The average molecular weight is 519 g/mol. The van der Waals surface area contributed by atoms with Gasteiger partial charge in [0.05, 0.1) is 0 Å². The Bertz CT molecular complexity index is 2000. The van der Waals surface area contributed by atoms with Crippen molar-refractivity contribution in [3.8, 4) is 11.5 Å². The molecule has 0 N–H and O–H groups in total. The Hall–Kier alpha value is -4.82. The molecule has 0 fully saturated rings. The van der Waals surface area contributed by atoms with E-state index >= 15 is 0 Å². The van der Waals surface area contributed by atoms with Gasteiger partial charge in [-0.05, 0) is 62.9 Å². The van der Waals surface area contributed by atoms with Crippen LogP contribution in [0.15, 0.2) is 127 Å². The molecule has 0 aromatic heterocycles. The van der Waals surface area contributed by atoms with Gasteiger partial charge in [0.25, 0.3) is 0 Å². The zero-order chi connectivity index (χ0) is 26.9. The van der Waals surface area contributed by atoms with Gasteiger partial charge in [0.15, 0.2) is 0 Å². The van der Waals surface area contributed by atoms with Gasteiger partial charge in [-0.2, -0.15) is 0 Å². The summed E-state index contributed by atoms with van der Waals surface area (Å²) in [6.45, 7) is 3.18.